The Morgan fingerprint density at radius 2 is 1.88 bits per heavy atom. The first-order valence-corrected chi connectivity index (χ1v) is 5.01. The highest BCUT2D eigenvalue weighted by Gasteiger charge is 2.25. The number of benzene rings is 1. The lowest BCUT2D eigenvalue weighted by molar-refractivity contribution is -0.127. The number of nitrogens with two attached hydrogens (primary N) is 1. The summed E-state index contributed by atoms with van der Waals surface area (Å²) in [4.78, 5) is 21.4. The van der Waals surface area contributed by atoms with Gasteiger partial charge in [-0.1, -0.05) is 30.3 Å². The molecular formula is C11H14N2O4. The second-order valence-electron chi connectivity index (χ2n) is 3.59. The van der Waals surface area contributed by atoms with Gasteiger partial charge in [0.2, 0.25) is 5.91 Å². The van der Waals surface area contributed by atoms with Crippen LogP contribution in [-0.4, -0.2) is 34.4 Å². The van der Waals surface area contributed by atoms with E-state index in [1.165, 1.54) is 0 Å². The summed E-state index contributed by atoms with van der Waals surface area (Å²) in [6.45, 7) is 0. The van der Waals surface area contributed by atoms with E-state index in [2.05, 4.69) is 5.32 Å². The second-order valence-corrected chi connectivity index (χ2v) is 3.59. The van der Waals surface area contributed by atoms with Crippen LogP contribution < -0.4 is 11.1 Å². The Morgan fingerprint density at radius 1 is 1.29 bits per heavy atom. The van der Waals surface area contributed by atoms with Crippen LogP contribution in [0.3, 0.4) is 0 Å². The highest BCUT2D eigenvalue weighted by Crippen LogP contribution is 2.06. The van der Waals surface area contributed by atoms with Crippen LogP contribution in [0, 0.1) is 0 Å². The minimum absolute atomic E-state index is 0.192. The average Bonchev–Trinajstić information content (AvgIpc) is 2.28. The van der Waals surface area contributed by atoms with Crippen molar-refractivity contribution in [3.05, 3.63) is 35.9 Å². The van der Waals surface area contributed by atoms with E-state index in [4.69, 9.17) is 10.8 Å². The van der Waals surface area contributed by atoms with Gasteiger partial charge in [0.15, 0.2) is 6.10 Å². The van der Waals surface area contributed by atoms with E-state index in [0.717, 1.165) is 5.56 Å². The van der Waals surface area contributed by atoms with Gasteiger partial charge in [-0.3, -0.25) is 4.79 Å². The summed E-state index contributed by atoms with van der Waals surface area (Å²) in [5.74, 6) is -0.959. The number of primary amides is 1. The van der Waals surface area contributed by atoms with Crippen molar-refractivity contribution in [3.8, 4) is 0 Å². The summed E-state index contributed by atoms with van der Waals surface area (Å²) in [6, 6.07) is 7.96. The molecule has 0 aliphatic heterocycles. The first kappa shape index (κ1) is 13.0. The molecule has 0 saturated heterocycles. The molecule has 6 heteroatoms. The van der Waals surface area contributed by atoms with Crippen molar-refractivity contribution in [3.63, 3.8) is 0 Å². The van der Waals surface area contributed by atoms with Gasteiger partial charge in [0.1, 0.15) is 0 Å². The molecule has 6 nitrogen and oxygen atoms in total. The maximum Gasteiger partial charge on any atom is 0.404 e. The van der Waals surface area contributed by atoms with Gasteiger partial charge in [0.25, 0.3) is 0 Å². The fourth-order valence-electron chi connectivity index (χ4n) is 1.47. The predicted molar refractivity (Wildman–Crippen MR) is 60.3 cm³/mol. The fraction of sp³-hybridized carbons (Fsp3) is 0.273. The molecule has 1 aromatic rings. The Labute approximate surface area is 98.1 Å². The van der Waals surface area contributed by atoms with E-state index in [-0.39, 0.29) is 6.42 Å². The average molecular weight is 238 g/mol. The lowest BCUT2D eigenvalue weighted by atomic mass is 10.0. The summed E-state index contributed by atoms with van der Waals surface area (Å²) in [7, 11) is 0. The normalized spacial score (nSPS) is 13.7. The lowest BCUT2D eigenvalue weighted by Gasteiger charge is -2.20. The molecule has 0 aromatic heterocycles. The van der Waals surface area contributed by atoms with Gasteiger partial charge >= 0.3 is 6.09 Å². The molecule has 0 aliphatic carbocycles. The number of carbonyl (C=O) groups excluding carboxylic acids is 1. The summed E-state index contributed by atoms with van der Waals surface area (Å²) < 4.78 is 0. The first-order chi connectivity index (χ1) is 8.00. The third-order valence-corrected chi connectivity index (χ3v) is 2.28. The van der Waals surface area contributed by atoms with Crippen molar-refractivity contribution >= 4 is 12.0 Å². The van der Waals surface area contributed by atoms with E-state index < -0.39 is 24.1 Å². The van der Waals surface area contributed by atoms with Gasteiger partial charge < -0.3 is 21.3 Å². The predicted octanol–water partition coefficient (Wildman–Crippen LogP) is -0.289. The van der Waals surface area contributed by atoms with Gasteiger partial charge in [-0.2, -0.15) is 0 Å². The van der Waals surface area contributed by atoms with Gasteiger partial charge in [-0.15, -0.1) is 0 Å². The molecule has 1 aromatic carbocycles. The number of rotatable bonds is 5. The first-order valence-electron chi connectivity index (χ1n) is 5.01. The molecule has 2 unspecified atom stereocenters. The smallest absolute Gasteiger partial charge is 0.404 e. The number of aliphatic hydroxyl groups excluding tert-OH is 1. The molecule has 0 heterocycles. The Morgan fingerprint density at radius 3 is 2.35 bits per heavy atom. The number of carboxylic acid groups (broad SMARTS) is 1. The maximum atomic E-state index is 10.9. The number of carbonyl (C=O) groups is 2. The fourth-order valence-corrected chi connectivity index (χ4v) is 1.47. The Hall–Kier alpha value is -2.08. The molecular weight excluding hydrogens is 224 g/mol. The quantitative estimate of drug-likeness (QED) is 0.564. The molecule has 2 amide bonds. The monoisotopic (exact) mass is 238 g/mol. The Balaban J connectivity index is 2.77. The van der Waals surface area contributed by atoms with Crippen molar-refractivity contribution in [1.29, 1.82) is 0 Å². The van der Waals surface area contributed by atoms with E-state index in [9.17, 15) is 14.7 Å². The molecule has 0 spiro atoms. The van der Waals surface area contributed by atoms with Crippen LogP contribution in [0.15, 0.2) is 30.3 Å². The molecule has 92 valence electrons. The number of hydrogen-bond acceptors (Lipinski definition) is 3. The summed E-state index contributed by atoms with van der Waals surface area (Å²) in [6.07, 6.45) is -2.67. The minimum atomic E-state index is -1.55. The minimum Gasteiger partial charge on any atom is -0.465 e. The lowest BCUT2D eigenvalue weighted by Crippen LogP contribution is -2.50. The SMILES string of the molecule is NC(=O)C(O)C(Cc1ccccc1)NC(=O)O. The summed E-state index contributed by atoms with van der Waals surface area (Å²) >= 11 is 0. The molecule has 0 fully saturated rings. The zero-order valence-corrected chi connectivity index (χ0v) is 9.04. The Kier molecular flexibility index (Phi) is 4.47. The highest BCUT2D eigenvalue weighted by atomic mass is 16.4. The van der Waals surface area contributed by atoms with Crippen LogP contribution in [0.4, 0.5) is 4.79 Å². The zero-order valence-electron chi connectivity index (χ0n) is 9.04. The number of nitrogens with one attached hydrogen (secondary N) is 1. The van der Waals surface area contributed by atoms with Gasteiger partial charge in [-0.25, -0.2) is 4.79 Å². The van der Waals surface area contributed by atoms with Gasteiger partial charge in [-0.05, 0) is 12.0 Å². The van der Waals surface area contributed by atoms with Crippen LogP contribution in [-0.2, 0) is 11.2 Å². The van der Waals surface area contributed by atoms with E-state index >= 15 is 0 Å². The highest BCUT2D eigenvalue weighted by molar-refractivity contribution is 5.80. The summed E-state index contributed by atoms with van der Waals surface area (Å²) in [5.41, 5.74) is 5.74. The van der Waals surface area contributed by atoms with Crippen LogP contribution in [0.5, 0.6) is 0 Å². The second kappa shape index (κ2) is 5.86. The van der Waals surface area contributed by atoms with Crippen LogP contribution in [0.2, 0.25) is 0 Å². The molecule has 1 rings (SSSR count). The number of hydrogen-bond donors (Lipinski definition) is 4. The zero-order chi connectivity index (χ0) is 12.8. The topological polar surface area (TPSA) is 113 Å². The number of amides is 2. The molecule has 0 radical (unpaired) electrons. The molecule has 17 heavy (non-hydrogen) atoms. The van der Waals surface area contributed by atoms with E-state index in [1.54, 1.807) is 24.3 Å². The van der Waals surface area contributed by atoms with Crippen molar-refractivity contribution in [1.82, 2.24) is 5.32 Å². The van der Waals surface area contributed by atoms with Gasteiger partial charge in [0, 0.05) is 0 Å². The maximum absolute atomic E-state index is 10.9. The standard InChI is InChI=1S/C11H14N2O4/c12-10(15)9(14)8(13-11(16)17)6-7-4-2-1-3-5-7/h1-5,8-9,13-14H,6H2,(H2,12,15)(H,16,17). The van der Waals surface area contributed by atoms with Crippen LogP contribution in [0.25, 0.3) is 0 Å². The van der Waals surface area contributed by atoms with E-state index in [0.29, 0.717) is 0 Å². The summed E-state index contributed by atoms with van der Waals surface area (Å²) in [5, 5.41) is 20.2. The molecule has 5 N–H and O–H groups in total. The van der Waals surface area contributed by atoms with Gasteiger partial charge in [0.05, 0.1) is 6.04 Å². The Bertz CT molecular complexity index is 394. The van der Waals surface area contributed by atoms with E-state index in [1.807, 2.05) is 6.07 Å². The largest absolute Gasteiger partial charge is 0.465 e. The van der Waals surface area contributed by atoms with Crippen molar-refractivity contribution < 1.29 is 19.8 Å². The van der Waals surface area contributed by atoms with Crippen molar-refractivity contribution in [2.75, 3.05) is 0 Å². The third kappa shape index (κ3) is 4.12. The van der Waals surface area contributed by atoms with Crippen LogP contribution in [0.1, 0.15) is 5.56 Å². The molecule has 2 atom stereocenters. The third-order valence-electron chi connectivity index (χ3n) is 2.28. The molecule has 0 aliphatic rings. The number of aliphatic hydroxyl groups is 1. The van der Waals surface area contributed by atoms with Crippen LogP contribution >= 0.6 is 0 Å². The molecule has 0 saturated carbocycles. The molecule has 0 bridgehead atoms. The van der Waals surface area contributed by atoms with Crippen molar-refractivity contribution in [2.45, 2.75) is 18.6 Å². The van der Waals surface area contributed by atoms with Crippen molar-refractivity contribution in [2.24, 2.45) is 5.73 Å².